The molecule has 2 heterocycles. The van der Waals surface area contributed by atoms with E-state index >= 15 is 0 Å². The van der Waals surface area contributed by atoms with E-state index in [-0.39, 0.29) is 51.5 Å². The molecule has 0 aliphatic carbocycles. The van der Waals surface area contributed by atoms with E-state index < -0.39 is 17.9 Å². The Bertz CT molecular complexity index is 1440. The zero-order valence-corrected chi connectivity index (χ0v) is 19.5. The van der Waals surface area contributed by atoms with Gasteiger partial charge in [-0.3, -0.25) is 0 Å². The number of benzene rings is 2. The highest BCUT2D eigenvalue weighted by Gasteiger charge is 2.27. The van der Waals surface area contributed by atoms with Gasteiger partial charge in [0.05, 0.1) is 45.0 Å². The van der Waals surface area contributed by atoms with Gasteiger partial charge in [0.2, 0.25) is 0 Å². The summed E-state index contributed by atoms with van der Waals surface area (Å²) in [6.45, 7) is 0.178. The number of aromatic nitrogens is 2. The van der Waals surface area contributed by atoms with E-state index in [0.717, 1.165) is 5.56 Å². The minimum Gasteiger partial charge on any atom is -0.491 e. The molecule has 0 saturated carbocycles. The number of pyridine rings is 1. The summed E-state index contributed by atoms with van der Waals surface area (Å²) in [6, 6.07) is 12.2. The van der Waals surface area contributed by atoms with Crippen LogP contribution in [0.3, 0.4) is 0 Å². The van der Waals surface area contributed by atoms with Crippen LogP contribution in [0.4, 0.5) is 0 Å². The third-order valence-electron chi connectivity index (χ3n) is 5.39. The number of nitrogens with one attached hydrogen (secondary N) is 1. The quantitative estimate of drug-likeness (QED) is 0.313. The molecule has 0 atom stereocenters. The van der Waals surface area contributed by atoms with Crippen molar-refractivity contribution in [2.75, 3.05) is 28.4 Å². The largest absolute Gasteiger partial charge is 0.491 e. The first-order valence-corrected chi connectivity index (χ1v) is 10.4. The van der Waals surface area contributed by atoms with Gasteiger partial charge in [0, 0.05) is 10.8 Å². The maximum atomic E-state index is 12.7. The van der Waals surface area contributed by atoms with Gasteiger partial charge in [-0.15, -0.1) is 0 Å². The van der Waals surface area contributed by atoms with Crippen LogP contribution in [0.15, 0.2) is 42.5 Å². The van der Waals surface area contributed by atoms with Crippen molar-refractivity contribution in [2.45, 2.75) is 6.61 Å². The zero-order valence-electron chi connectivity index (χ0n) is 19.5. The van der Waals surface area contributed by atoms with E-state index in [4.69, 9.17) is 23.7 Å². The van der Waals surface area contributed by atoms with Crippen LogP contribution in [-0.2, 0) is 20.8 Å². The summed E-state index contributed by atoms with van der Waals surface area (Å²) in [5.41, 5.74) is 1.40. The van der Waals surface area contributed by atoms with Crippen LogP contribution in [0, 0.1) is 0 Å². The van der Waals surface area contributed by atoms with Crippen molar-refractivity contribution in [1.29, 1.82) is 0 Å². The fourth-order valence-electron chi connectivity index (χ4n) is 3.79. The SMILES string of the molecule is COC(=O)c1cc2c(OCc3ccccc3)c(OC)c3[nH]c(C(=O)OC)cc(C(=O)OC)c3c2n1. The van der Waals surface area contributed by atoms with Crippen molar-refractivity contribution in [3.63, 3.8) is 0 Å². The summed E-state index contributed by atoms with van der Waals surface area (Å²) in [5, 5.41) is 0.689. The average molecular weight is 478 g/mol. The lowest BCUT2D eigenvalue weighted by Gasteiger charge is -2.17. The number of hydrogen-bond donors (Lipinski definition) is 1. The first-order chi connectivity index (χ1) is 16.9. The third kappa shape index (κ3) is 4.21. The minimum absolute atomic E-state index is 0.00877. The minimum atomic E-state index is -0.724. The van der Waals surface area contributed by atoms with Crippen LogP contribution in [0.25, 0.3) is 21.8 Å². The van der Waals surface area contributed by atoms with E-state index in [2.05, 4.69) is 9.97 Å². The van der Waals surface area contributed by atoms with E-state index in [0.29, 0.717) is 5.39 Å². The second-order valence-corrected chi connectivity index (χ2v) is 7.36. The Kier molecular flexibility index (Phi) is 6.54. The van der Waals surface area contributed by atoms with Crippen molar-refractivity contribution in [3.8, 4) is 11.5 Å². The molecule has 0 fully saturated rings. The molecule has 2 aromatic carbocycles. The monoisotopic (exact) mass is 478 g/mol. The van der Waals surface area contributed by atoms with Crippen molar-refractivity contribution in [2.24, 2.45) is 0 Å². The van der Waals surface area contributed by atoms with Crippen LogP contribution in [0.2, 0.25) is 0 Å². The van der Waals surface area contributed by atoms with Gasteiger partial charge in [-0.1, -0.05) is 30.3 Å². The molecule has 0 unspecified atom stereocenters. The number of aromatic amines is 1. The molecule has 4 rings (SSSR count). The molecule has 10 nitrogen and oxygen atoms in total. The lowest BCUT2D eigenvalue weighted by Crippen LogP contribution is -2.11. The van der Waals surface area contributed by atoms with Gasteiger partial charge in [0.15, 0.2) is 11.5 Å². The van der Waals surface area contributed by atoms with Gasteiger partial charge in [-0.25, -0.2) is 19.4 Å². The van der Waals surface area contributed by atoms with E-state index in [9.17, 15) is 14.4 Å². The Labute approximate surface area is 199 Å². The Morgan fingerprint density at radius 3 is 2.17 bits per heavy atom. The molecular formula is C25H22N2O8. The van der Waals surface area contributed by atoms with Crippen molar-refractivity contribution >= 4 is 39.7 Å². The smallest absolute Gasteiger partial charge is 0.356 e. The highest BCUT2D eigenvalue weighted by molar-refractivity contribution is 6.20. The van der Waals surface area contributed by atoms with Gasteiger partial charge >= 0.3 is 17.9 Å². The number of methoxy groups -OCH3 is 4. The summed E-state index contributed by atoms with van der Waals surface area (Å²) in [7, 11) is 5.09. The van der Waals surface area contributed by atoms with Crippen LogP contribution in [-0.4, -0.2) is 56.3 Å². The molecule has 1 N–H and O–H groups in total. The van der Waals surface area contributed by atoms with Gasteiger partial charge in [-0.2, -0.15) is 0 Å². The van der Waals surface area contributed by atoms with Gasteiger partial charge in [0.25, 0.3) is 0 Å². The second kappa shape index (κ2) is 9.72. The number of rotatable bonds is 7. The number of esters is 3. The number of ether oxygens (including phenoxy) is 5. The molecule has 10 heteroatoms. The first kappa shape index (κ1) is 23.6. The van der Waals surface area contributed by atoms with Crippen molar-refractivity contribution in [3.05, 3.63) is 65.0 Å². The molecule has 0 aliphatic rings. The summed E-state index contributed by atoms with van der Waals surface area (Å²) in [6.07, 6.45) is 0. The second-order valence-electron chi connectivity index (χ2n) is 7.36. The number of carbonyl (C=O) groups is 3. The van der Waals surface area contributed by atoms with Crippen LogP contribution < -0.4 is 9.47 Å². The molecule has 35 heavy (non-hydrogen) atoms. The van der Waals surface area contributed by atoms with Crippen LogP contribution >= 0.6 is 0 Å². The summed E-state index contributed by atoms with van der Waals surface area (Å²) in [4.78, 5) is 44.8. The van der Waals surface area contributed by atoms with Crippen molar-refractivity contribution in [1.82, 2.24) is 9.97 Å². The Balaban J connectivity index is 2.09. The highest BCUT2D eigenvalue weighted by Crippen LogP contribution is 2.45. The molecule has 2 aromatic heterocycles. The van der Waals surface area contributed by atoms with Gasteiger partial charge in [-0.05, 0) is 17.7 Å². The normalized spacial score (nSPS) is 10.7. The zero-order chi connectivity index (χ0) is 25.1. The molecule has 0 saturated heterocycles. The highest BCUT2D eigenvalue weighted by atomic mass is 16.5. The number of nitrogens with zero attached hydrogens (tertiary/aromatic N) is 1. The summed E-state index contributed by atoms with van der Waals surface area (Å²) >= 11 is 0. The molecular weight excluding hydrogens is 456 g/mol. The lowest BCUT2D eigenvalue weighted by atomic mass is 10.0. The Morgan fingerprint density at radius 2 is 1.54 bits per heavy atom. The van der Waals surface area contributed by atoms with Crippen LogP contribution in [0.1, 0.15) is 36.9 Å². The average Bonchev–Trinajstić information content (AvgIpc) is 3.35. The number of hydrogen-bond acceptors (Lipinski definition) is 9. The van der Waals surface area contributed by atoms with E-state index in [1.807, 2.05) is 30.3 Å². The number of fused-ring (bicyclic) bond motifs is 3. The Hall–Kier alpha value is -4.60. The number of H-pyrrole nitrogens is 1. The first-order valence-electron chi connectivity index (χ1n) is 10.4. The molecule has 0 bridgehead atoms. The number of carbonyl (C=O) groups excluding carboxylic acids is 3. The van der Waals surface area contributed by atoms with E-state index in [1.165, 1.54) is 40.6 Å². The molecule has 0 amide bonds. The van der Waals surface area contributed by atoms with Gasteiger partial charge < -0.3 is 28.7 Å². The van der Waals surface area contributed by atoms with Gasteiger partial charge in [0.1, 0.15) is 18.0 Å². The third-order valence-corrected chi connectivity index (χ3v) is 5.39. The fourth-order valence-corrected chi connectivity index (χ4v) is 3.79. The topological polar surface area (TPSA) is 126 Å². The molecule has 4 aromatic rings. The predicted octanol–water partition coefficient (Wildman–Crippen LogP) is 3.66. The predicted molar refractivity (Wildman–Crippen MR) is 125 cm³/mol. The molecule has 180 valence electrons. The Morgan fingerprint density at radius 1 is 0.857 bits per heavy atom. The summed E-state index contributed by atoms with van der Waals surface area (Å²) in [5.74, 6) is -1.65. The van der Waals surface area contributed by atoms with E-state index in [1.54, 1.807) is 0 Å². The molecule has 0 spiro atoms. The maximum Gasteiger partial charge on any atom is 0.356 e. The molecule has 0 aliphatic heterocycles. The van der Waals surface area contributed by atoms with Crippen LogP contribution in [0.5, 0.6) is 11.5 Å². The fraction of sp³-hybridized carbons (Fsp3) is 0.200. The lowest BCUT2D eigenvalue weighted by molar-refractivity contribution is 0.0583. The maximum absolute atomic E-state index is 12.7. The molecule has 0 radical (unpaired) electrons. The standard InChI is InChI=1S/C25H22N2O8/c1-31-22-20-18(14(23(28)32-2)10-16(27-20)24(29)33-3)19-15(11-17(26-19)25(30)34-4)21(22)35-12-13-8-6-5-7-9-13/h5-11,27H,12H2,1-4H3. The van der Waals surface area contributed by atoms with Crippen molar-refractivity contribution < 1.29 is 38.1 Å². The summed E-state index contributed by atoms with van der Waals surface area (Å²) < 4.78 is 26.4.